The average Bonchev–Trinajstić information content (AvgIpc) is 2.31. The molecule has 0 aromatic heterocycles. The fourth-order valence-corrected chi connectivity index (χ4v) is 1.72. The lowest BCUT2D eigenvalue weighted by molar-refractivity contribution is -0.155. The third kappa shape index (κ3) is 3.04. The van der Waals surface area contributed by atoms with Crippen LogP contribution in [0, 0.1) is 5.92 Å². The molecule has 96 valence electrons. The summed E-state index contributed by atoms with van der Waals surface area (Å²) in [4.78, 5) is 22.8. The molecule has 0 saturated carbocycles. The van der Waals surface area contributed by atoms with E-state index in [4.69, 9.17) is 4.74 Å². The van der Waals surface area contributed by atoms with Gasteiger partial charge in [0.25, 0.3) is 0 Å². The van der Waals surface area contributed by atoms with Crippen molar-refractivity contribution in [2.75, 3.05) is 13.7 Å². The zero-order valence-electron chi connectivity index (χ0n) is 9.75. The summed E-state index contributed by atoms with van der Waals surface area (Å²) >= 11 is 0. The van der Waals surface area contributed by atoms with Crippen LogP contribution in [0.4, 0.5) is 0 Å². The van der Waals surface area contributed by atoms with Gasteiger partial charge in [0.1, 0.15) is 0 Å². The molecule has 0 saturated heterocycles. The number of hydrogen-bond acceptors (Lipinski definition) is 6. The molecule has 0 unspecified atom stereocenters. The van der Waals surface area contributed by atoms with E-state index < -0.39 is 30.1 Å². The van der Waals surface area contributed by atoms with Gasteiger partial charge in [0.15, 0.2) is 0 Å². The van der Waals surface area contributed by atoms with Crippen LogP contribution in [0.1, 0.15) is 13.3 Å². The van der Waals surface area contributed by atoms with Gasteiger partial charge in [-0.05, 0) is 19.4 Å². The van der Waals surface area contributed by atoms with E-state index in [1.54, 1.807) is 6.92 Å². The normalized spacial score (nSPS) is 28.2. The number of esters is 2. The van der Waals surface area contributed by atoms with Gasteiger partial charge in [-0.25, -0.2) is 4.79 Å². The van der Waals surface area contributed by atoms with Crippen LogP contribution in [-0.4, -0.2) is 48.1 Å². The largest absolute Gasteiger partial charge is 0.466 e. The van der Waals surface area contributed by atoms with Gasteiger partial charge in [-0.3, -0.25) is 4.79 Å². The highest BCUT2D eigenvalue weighted by Gasteiger charge is 2.38. The summed E-state index contributed by atoms with van der Waals surface area (Å²) in [5.74, 6) is -2.19. The molecule has 6 nitrogen and oxygen atoms in total. The maximum Gasteiger partial charge on any atom is 0.333 e. The zero-order valence-corrected chi connectivity index (χ0v) is 9.75. The Bertz CT molecular complexity index is 335. The van der Waals surface area contributed by atoms with Crippen LogP contribution in [0.15, 0.2) is 11.6 Å². The number of carbonyl (C=O) groups excluding carboxylic acids is 2. The Morgan fingerprint density at radius 2 is 2.12 bits per heavy atom. The van der Waals surface area contributed by atoms with Gasteiger partial charge >= 0.3 is 11.9 Å². The van der Waals surface area contributed by atoms with Crippen LogP contribution in [0.25, 0.3) is 0 Å². The molecule has 0 bridgehead atoms. The molecule has 3 atom stereocenters. The van der Waals surface area contributed by atoms with Crippen molar-refractivity contribution in [2.45, 2.75) is 25.6 Å². The fourth-order valence-electron chi connectivity index (χ4n) is 1.72. The summed E-state index contributed by atoms with van der Waals surface area (Å²) in [7, 11) is 1.21. The lowest BCUT2D eigenvalue weighted by Crippen LogP contribution is -2.42. The molecule has 2 N–H and O–H groups in total. The standard InChI is InChI=1S/C11H16O6/c1-3-17-11(15)7-4-6(10(14)16-2)5-8(12)9(7)13/h5,7-9,12-13H,3-4H2,1-2H3/t7-,8+,9+/m1/s1. The third-order valence-corrected chi connectivity index (χ3v) is 2.61. The van der Waals surface area contributed by atoms with Gasteiger partial charge in [0, 0.05) is 5.57 Å². The molecule has 1 aliphatic rings. The van der Waals surface area contributed by atoms with Crippen molar-refractivity contribution < 1.29 is 29.3 Å². The van der Waals surface area contributed by atoms with Gasteiger partial charge in [-0.1, -0.05) is 0 Å². The van der Waals surface area contributed by atoms with E-state index in [-0.39, 0.29) is 18.6 Å². The predicted molar refractivity (Wildman–Crippen MR) is 56.9 cm³/mol. The van der Waals surface area contributed by atoms with E-state index in [1.165, 1.54) is 13.2 Å². The molecule has 0 fully saturated rings. The van der Waals surface area contributed by atoms with Gasteiger partial charge in [-0.15, -0.1) is 0 Å². The first-order valence-electron chi connectivity index (χ1n) is 5.33. The van der Waals surface area contributed by atoms with E-state index in [0.29, 0.717) is 0 Å². The number of carbonyl (C=O) groups is 2. The minimum Gasteiger partial charge on any atom is -0.466 e. The Balaban J connectivity index is 2.85. The second-order valence-electron chi connectivity index (χ2n) is 3.73. The molecule has 0 heterocycles. The molecular formula is C11H16O6. The topological polar surface area (TPSA) is 93.1 Å². The minimum atomic E-state index is -1.27. The highest BCUT2D eigenvalue weighted by Crippen LogP contribution is 2.26. The number of hydrogen-bond donors (Lipinski definition) is 2. The third-order valence-electron chi connectivity index (χ3n) is 2.61. The number of ether oxygens (including phenoxy) is 2. The monoisotopic (exact) mass is 244 g/mol. The second kappa shape index (κ2) is 5.79. The highest BCUT2D eigenvalue weighted by molar-refractivity contribution is 5.90. The smallest absolute Gasteiger partial charge is 0.333 e. The summed E-state index contributed by atoms with van der Waals surface area (Å²) < 4.78 is 9.28. The first kappa shape index (κ1) is 13.7. The number of rotatable bonds is 3. The first-order valence-corrected chi connectivity index (χ1v) is 5.33. The van der Waals surface area contributed by atoms with Crippen molar-refractivity contribution in [2.24, 2.45) is 5.92 Å². The Labute approximate surface area is 98.8 Å². The van der Waals surface area contributed by atoms with E-state index in [1.807, 2.05) is 0 Å². The molecule has 17 heavy (non-hydrogen) atoms. The lowest BCUT2D eigenvalue weighted by atomic mass is 9.84. The fraction of sp³-hybridized carbons (Fsp3) is 0.636. The Morgan fingerprint density at radius 1 is 1.47 bits per heavy atom. The van der Waals surface area contributed by atoms with Crippen molar-refractivity contribution in [3.63, 3.8) is 0 Å². The molecular weight excluding hydrogens is 228 g/mol. The maximum atomic E-state index is 11.5. The van der Waals surface area contributed by atoms with E-state index in [0.717, 1.165) is 0 Å². The molecule has 0 amide bonds. The molecule has 1 aliphatic carbocycles. The predicted octanol–water partition coefficient (Wildman–Crippen LogP) is -0.609. The van der Waals surface area contributed by atoms with Crippen molar-refractivity contribution >= 4 is 11.9 Å². The molecule has 0 spiro atoms. The highest BCUT2D eigenvalue weighted by atomic mass is 16.5. The number of aliphatic hydroxyl groups is 2. The van der Waals surface area contributed by atoms with Crippen molar-refractivity contribution in [3.05, 3.63) is 11.6 Å². The SMILES string of the molecule is CCOC(=O)[C@@H]1CC(C(=O)OC)=C[C@H](O)[C@H]1O. The summed E-state index contributed by atoms with van der Waals surface area (Å²) in [5.41, 5.74) is 0.170. The van der Waals surface area contributed by atoms with Gasteiger partial charge in [0.05, 0.1) is 31.8 Å². The van der Waals surface area contributed by atoms with Crippen molar-refractivity contribution in [1.29, 1.82) is 0 Å². The average molecular weight is 244 g/mol. The molecule has 1 rings (SSSR count). The summed E-state index contributed by atoms with van der Waals surface area (Å²) in [6.07, 6.45) is -1.33. The summed E-state index contributed by atoms with van der Waals surface area (Å²) in [6, 6.07) is 0. The van der Waals surface area contributed by atoms with Crippen LogP contribution in [-0.2, 0) is 19.1 Å². The van der Waals surface area contributed by atoms with E-state index in [9.17, 15) is 19.8 Å². The van der Waals surface area contributed by atoms with Crippen LogP contribution in [0.5, 0.6) is 0 Å². The lowest BCUT2D eigenvalue weighted by Gasteiger charge is -2.28. The maximum absolute atomic E-state index is 11.5. The van der Waals surface area contributed by atoms with E-state index in [2.05, 4.69) is 4.74 Å². The Kier molecular flexibility index (Phi) is 4.65. The van der Waals surface area contributed by atoms with Gasteiger partial charge < -0.3 is 19.7 Å². The molecule has 0 aromatic carbocycles. The molecule has 0 radical (unpaired) electrons. The summed E-state index contributed by atoms with van der Waals surface area (Å²) in [6.45, 7) is 1.82. The van der Waals surface area contributed by atoms with Crippen molar-refractivity contribution in [1.82, 2.24) is 0 Å². The Hall–Kier alpha value is -1.40. The molecule has 6 heteroatoms. The second-order valence-corrected chi connectivity index (χ2v) is 3.73. The quantitative estimate of drug-likeness (QED) is 0.643. The van der Waals surface area contributed by atoms with Gasteiger partial charge in [0.2, 0.25) is 0 Å². The number of methoxy groups -OCH3 is 1. The zero-order chi connectivity index (χ0) is 13.0. The number of aliphatic hydroxyl groups excluding tert-OH is 2. The van der Waals surface area contributed by atoms with Crippen LogP contribution in [0.3, 0.4) is 0 Å². The van der Waals surface area contributed by atoms with Crippen LogP contribution < -0.4 is 0 Å². The van der Waals surface area contributed by atoms with E-state index >= 15 is 0 Å². The van der Waals surface area contributed by atoms with Gasteiger partial charge in [-0.2, -0.15) is 0 Å². The minimum absolute atomic E-state index is 0.00370. The molecule has 0 aliphatic heterocycles. The Morgan fingerprint density at radius 3 is 2.65 bits per heavy atom. The first-order chi connectivity index (χ1) is 8.01. The van der Waals surface area contributed by atoms with Crippen molar-refractivity contribution in [3.8, 4) is 0 Å². The van der Waals surface area contributed by atoms with Crippen LogP contribution in [0.2, 0.25) is 0 Å². The summed E-state index contributed by atoms with van der Waals surface area (Å²) in [5, 5.41) is 19.2. The molecule has 0 aromatic rings. The van der Waals surface area contributed by atoms with Crippen LogP contribution >= 0.6 is 0 Å².